The van der Waals surface area contributed by atoms with E-state index >= 15 is 4.57 Å². The summed E-state index contributed by atoms with van der Waals surface area (Å²) >= 11 is 0. The SMILES string of the molecule is O=P1(c2ccccc2)c2ccccc2N(c2cccc(-c3nc(-c4ccccc4)c4ccccc4n3)c2)c2ccccc21. The number of rotatable bonds is 4. The number of anilines is 3. The fourth-order valence-corrected chi connectivity index (χ4v) is 9.09. The van der Waals surface area contributed by atoms with E-state index in [4.69, 9.17) is 9.97 Å². The predicted octanol–water partition coefficient (Wildman–Crippen LogP) is 8.39. The Morgan fingerprint density at radius 1 is 0.512 bits per heavy atom. The van der Waals surface area contributed by atoms with E-state index in [-0.39, 0.29) is 0 Å². The van der Waals surface area contributed by atoms with Crippen LogP contribution in [-0.2, 0) is 4.57 Å². The first kappa shape index (κ1) is 25.4. The van der Waals surface area contributed by atoms with E-state index < -0.39 is 7.14 Å². The highest BCUT2D eigenvalue weighted by molar-refractivity contribution is 7.86. The summed E-state index contributed by atoms with van der Waals surface area (Å²) < 4.78 is 15.2. The summed E-state index contributed by atoms with van der Waals surface area (Å²) in [5, 5.41) is 3.52. The summed E-state index contributed by atoms with van der Waals surface area (Å²) in [7, 11) is -3.11. The molecule has 0 aliphatic carbocycles. The van der Waals surface area contributed by atoms with Crippen LogP contribution in [0.15, 0.2) is 158 Å². The Bertz CT molecular complexity index is 2130. The molecule has 1 aliphatic heterocycles. The first-order chi connectivity index (χ1) is 21.2. The van der Waals surface area contributed by atoms with Crippen molar-refractivity contribution in [1.29, 1.82) is 0 Å². The topological polar surface area (TPSA) is 46.1 Å². The first-order valence-electron chi connectivity index (χ1n) is 14.3. The van der Waals surface area contributed by atoms with Crippen LogP contribution in [0.1, 0.15) is 0 Å². The monoisotopic (exact) mass is 571 g/mol. The van der Waals surface area contributed by atoms with Crippen molar-refractivity contribution in [3.63, 3.8) is 0 Å². The van der Waals surface area contributed by atoms with Gasteiger partial charge >= 0.3 is 0 Å². The van der Waals surface area contributed by atoms with E-state index in [1.807, 2.05) is 109 Å². The largest absolute Gasteiger partial charge is 0.309 e. The average molecular weight is 572 g/mol. The van der Waals surface area contributed by atoms with Crippen molar-refractivity contribution in [2.45, 2.75) is 0 Å². The maximum atomic E-state index is 15.2. The molecule has 4 nitrogen and oxygen atoms in total. The van der Waals surface area contributed by atoms with Crippen LogP contribution in [0.3, 0.4) is 0 Å². The molecule has 0 radical (unpaired) electrons. The molecule has 43 heavy (non-hydrogen) atoms. The van der Waals surface area contributed by atoms with Gasteiger partial charge in [0.15, 0.2) is 13.0 Å². The van der Waals surface area contributed by atoms with Gasteiger partial charge in [0.1, 0.15) is 0 Å². The van der Waals surface area contributed by atoms with Gasteiger partial charge in [0.05, 0.1) is 22.6 Å². The summed E-state index contributed by atoms with van der Waals surface area (Å²) in [5.74, 6) is 0.660. The molecule has 0 bridgehead atoms. The van der Waals surface area contributed by atoms with Gasteiger partial charge in [-0.3, -0.25) is 0 Å². The molecular weight excluding hydrogens is 545 g/mol. The van der Waals surface area contributed by atoms with E-state index in [2.05, 4.69) is 53.4 Å². The van der Waals surface area contributed by atoms with Crippen LogP contribution >= 0.6 is 7.14 Å². The smallest absolute Gasteiger partial charge is 0.175 e. The Kier molecular flexibility index (Phi) is 6.03. The van der Waals surface area contributed by atoms with E-state index in [0.29, 0.717) is 5.82 Å². The Labute approximate surface area is 250 Å². The minimum Gasteiger partial charge on any atom is -0.309 e. The van der Waals surface area contributed by atoms with Crippen LogP contribution < -0.4 is 20.8 Å². The highest BCUT2D eigenvalue weighted by Gasteiger charge is 2.40. The zero-order valence-electron chi connectivity index (χ0n) is 23.2. The lowest BCUT2D eigenvalue weighted by molar-refractivity contribution is 0.592. The predicted molar refractivity (Wildman–Crippen MR) is 178 cm³/mol. The lowest BCUT2D eigenvalue weighted by Gasteiger charge is -2.37. The number of hydrogen-bond acceptors (Lipinski definition) is 4. The molecule has 5 heteroatoms. The number of fused-ring (bicyclic) bond motifs is 3. The highest BCUT2D eigenvalue weighted by atomic mass is 31.2. The molecule has 2 heterocycles. The van der Waals surface area contributed by atoms with Gasteiger partial charge in [0.2, 0.25) is 0 Å². The van der Waals surface area contributed by atoms with Crippen molar-refractivity contribution in [2.75, 3.05) is 4.90 Å². The first-order valence-corrected chi connectivity index (χ1v) is 16.0. The lowest BCUT2D eigenvalue weighted by Crippen LogP contribution is -2.36. The molecular formula is C38H26N3OP. The van der Waals surface area contributed by atoms with Crippen LogP contribution in [0.5, 0.6) is 0 Å². The minimum absolute atomic E-state index is 0.660. The third-order valence-corrected chi connectivity index (χ3v) is 11.2. The van der Waals surface area contributed by atoms with E-state index in [1.54, 1.807) is 0 Å². The molecule has 0 fully saturated rings. The molecule has 7 aromatic rings. The number of para-hydroxylation sites is 3. The third-order valence-electron chi connectivity index (χ3n) is 8.06. The summed E-state index contributed by atoms with van der Waals surface area (Å²) in [4.78, 5) is 12.3. The summed E-state index contributed by atoms with van der Waals surface area (Å²) in [5.41, 5.74) is 6.54. The Balaban J connectivity index is 1.32. The van der Waals surface area contributed by atoms with Crippen LogP contribution in [0.2, 0.25) is 0 Å². The van der Waals surface area contributed by atoms with Crippen molar-refractivity contribution >= 4 is 51.0 Å². The second-order valence-electron chi connectivity index (χ2n) is 10.6. The van der Waals surface area contributed by atoms with E-state index in [9.17, 15) is 0 Å². The van der Waals surface area contributed by atoms with Crippen LogP contribution in [0, 0.1) is 0 Å². The van der Waals surface area contributed by atoms with Gasteiger partial charge < -0.3 is 9.46 Å². The second kappa shape index (κ2) is 10.2. The number of hydrogen-bond donors (Lipinski definition) is 0. The summed E-state index contributed by atoms with van der Waals surface area (Å²) in [6.45, 7) is 0. The fourth-order valence-electron chi connectivity index (χ4n) is 6.10. The van der Waals surface area contributed by atoms with Crippen LogP contribution in [0.25, 0.3) is 33.5 Å². The maximum Gasteiger partial charge on any atom is 0.175 e. The molecule has 6 aromatic carbocycles. The van der Waals surface area contributed by atoms with Gasteiger partial charge in [-0.2, -0.15) is 0 Å². The van der Waals surface area contributed by atoms with Gasteiger partial charge in [-0.15, -0.1) is 0 Å². The Morgan fingerprint density at radius 2 is 1.09 bits per heavy atom. The van der Waals surface area contributed by atoms with Crippen molar-refractivity contribution in [1.82, 2.24) is 9.97 Å². The molecule has 1 aliphatic rings. The zero-order chi connectivity index (χ0) is 28.8. The maximum absolute atomic E-state index is 15.2. The molecule has 0 amide bonds. The molecule has 0 spiro atoms. The molecule has 0 saturated carbocycles. The third kappa shape index (κ3) is 4.11. The Hall–Kier alpha value is -5.31. The van der Waals surface area contributed by atoms with Crippen molar-refractivity contribution in [3.05, 3.63) is 158 Å². The van der Waals surface area contributed by atoms with Crippen molar-refractivity contribution in [2.24, 2.45) is 0 Å². The minimum atomic E-state index is -3.11. The zero-order valence-corrected chi connectivity index (χ0v) is 24.1. The number of benzene rings is 6. The number of nitrogens with zero attached hydrogens (tertiary/aromatic N) is 3. The van der Waals surface area contributed by atoms with Crippen molar-refractivity contribution < 1.29 is 4.57 Å². The molecule has 0 atom stereocenters. The molecule has 204 valence electrons. The summed E-state index contributed by atoms with van der Waals surface area (Å²) in [6, 6.07) is 52.7. The highest BCUT2D eigenvalue weighted by Crippen LogP contribution is 2.54. The van der Waals surface area contributed by atoms with Gasteiger partial charge in [-0.1, -0.05) is 115 Å². The molecule has 0 unspecified atom stereocenters. The van der Waals surface area contributed by atoms with Crippen molar-refractivity contribution in [3.8, 4) is 22.6 Å². The van der Waals surface area contributed by atoms with Gasteiger partial charge in [-0.05, 0) is 42.5 Å². The average Bonchev–Trinajstić information content (AvgIpc) is 3.09. The van der Waals surface area contributed by atoms with Crippen LogP contribution in [0.4, 0.5) is 17.1 Å². The second-order valence-corrected chi connectivity index (χ2v) is 13.3. The molecule has 0 N–H and O–H groups in total. The quantitative estimate of drug-likeness (QED) is 0.199. The molecule has 8 rings (SSSR count). The lowest BCUT2D eigenvalue weighted by atomic mass is 10.1. The van der Waals surface area contributed by atoms with Crippen LogP contribution in [-0.4, -0.2) is 9.97 Å². The van der Waals surface area contributed by atoms with E-state index in [1.165, 1.54) is 0 Å². The summed E-state index contributed by atoms with van der Waals surface area (Å²) in [6.07, 6.45) is 0. The van der Waals surface area contributed by atoms with E-state index in [0.717, 1.165) is 60.7 Å². The molecule has 0 saturated heterocycles. The van der Waals surface area contributed by atoms with Gasteiger partial charge in [0, 0.05) is 38.1 Å². The standard InChI is InChI=1S/C38H26N3OP/c42-43(30-18-5-2-6-19-30)35-24-11-9-22-33(35)41(34-23-10-12-25-36(34)43)29-17-13-16-28(26-29)38-39-32-21-8-7-20-31(32)37(40-38)27-14-3-1-4-15-27/h1-26H. The normalized spacial score (nSPS) is 13.3. The number of aromatic nitrogens is 2. The van der Waals surface area contributed by atoms with Gasteiger partial charge in [0.25, 0.3) is 0 Å². The molecule has 1 aromatic heterocycles. The fraction of sp³-hybridized carbons (Fsp3) is 0. The Morgan fingerprint density at radius 3 is 1.81 bits per heavy atom. The van der Waals surface area contributed by atoms with Gasteiger partial charge in [-0.25, -0.2) is 9.97 Å².